The van der Waals surface area contributed by atoms with Crippen molar-refractivity contribution in [3.05, 3.63) is 18.5 Å². The van der Waals surface area contributed by atoms with Gasteiger partial charge in [0.2, 0.25) is 5.91 Å². The van der Waals surface area contributed by atoms with Gasteiger partial charge in [0, 0.05) is 19.3 Å². The number of anilines is 1. The summed E-state index contributed by atoms with van der Waals surface area (Å²) in [5.41, 5.74) is 6.08. The maximum atomic E-state index is 12.3. The van der Waals surface area contributed by atoms with Crippen LogP contribution in [0, 0.1) is 0 Å². The van der Waals surface area contributed by atoms with Gasteiger partial charge in [-0.1, -0.05) is 0 Å². The fourth-order valence-corrected chi connectivity index (χ4v) is 2.84. The molecule has 0 saturated heterocycles. The summed E-state index contributed by atoms with van der Waals surface area (Å²) in [5.74, 6) is -0.116. The van der Waals surface area contributed by atoms with Gasteiger partial charge in [0.1, 0.15) is 5.25 Å². The molecule has 0 aliphatic carbocycles. The minimum Gasteiger partial charge on any atom is -0.396 e. The molecular weight excluding hydrogens is 250 g/mol. The Balaban J connectivity index is 2.91. The number of nitrogen functional groups attached to an aromatic ring is 1. The Morgan fingerprint density at radius 3 is 2.61 bits per heavy atom. The van der Waals surface area contributed by atoms with Crippen molar-refractivity contribution >= 4 is 22.4 Å². The maximum Gasteiger partial charge on any atom is 0.238 e. The first-order valence-electron chi connectivity index (χ1n) is 5.91. The molecule has 1 rings (SSSR count). The molecule has 2 unspecified atom stereocenters. The molecule has 5 nitrogen and oxygen atoms in total. The van der Waals surface area contributed by atoms with Crippen molar-refractivity contribution in [2.75, 3.05) is 18.8 Å². The molecule has 0 aliphatic rings. The summed E-state index contributed by atoms with van der Waals surface area (Å²) < 4.78 is 12.3. The highest BCUT2D eigenvalue weighted by molar-refractivity contribution is 7.86. The number of nitrogens with zero attached hydrogens (tertiary/aromatic N) is 2. The van der Waals surface area contributed by atoms with Crippen LogP contribution in [-0.4, -0.2) is 38.3 Å². The highest BCUT2D eigenvalue weighted by Gasteiger charge is 2.25. The van der Waals surface area contributed by atoms with Crippen molar-refractivity contribution < 1.29 is 9.00 Å². The molecule has 0 fully saturated rings. The Kier molecular flexibility index (Phi) is 5.27. The van der Waals surface area contributed by atoms with Crippen LogP contribution in [0.1, 0.15) is 20.8 Å². The molecule has 0 radical (unpaired) electrons. The second-order valence-electron chi connectivity index (χ2n) is 3.86. The number of carbonyl (C=O) groups excluding carboxylic acids is 1. The topological polar surface area (TPSA) is 76.3 Å². The molecule has 100 valence electrons. The lowest BCUT2D eigenvalue weighted by Crippen LogP contribution is -2.39. The molecule has 0 spiro atoms. The third kappa shape index (κ3) is 3.07. The van der Waals surface area contributed by atoms with Crippen molar-refractivity contribution in [3.63, 3.8) is 0 Å². The summed E-state index contributed by atoms with van der Waals surface area (Å²) in [6.45, 7) is 6.69. The zero-order valence-corrected chi connectivity index (χ0v) is 11.7. The normalized spacial score (nSPS) is 13.9. The fraction of sp³-hybridized carbons (Fsp3) is 0.500. The summed E-state index contributed by atoms with van der Waals surface area (Å²) in [5, 5.41) is -0.602. The Hall–Kier alpha value is -1.43. The Morgan fingerprint density at radius 2 is 2.11 bits per heavy atom. The van der Waals surface area contributed by atoms with Crippen LogP contribution in [-0.2, 0) is 15.6 Å². The van der Waals surface area contributed by atoms with Gasteiger partial charge in [-0.05, 0) is 26.8 Å². The van der Waals surface area contributed by atoms with Gasteiger partial charge in [-0.2, -0.15) is 0 Å². The van der Waals surface area contributed by atoms with E-state index >= 15 is 0 Å². The highest BCUT2D eigenvalue weighted by atomic mass is 32.2. The zero-order chi connectivity index (χ0) is 13.7. The van der Waals surface area contributed by atoms with Gasteiger partial charge in [-0.25, -0.2) is 0 Å². The minimum absolute atomic E-state index is 0.116. The summed E-state index contributed by atoms with van der Waals surface area (Å²) in [7, 11) is -1.45. The fourth-order valence-electron chi connectivity index (χ4n) is 1.65. The smallest absolute Gasteiger partial charge is 0.238 e. The largest absolute Gasteiger partial charge is 0.396 e. The molecule has 1 aromatic rings. The van der Waals surface area contributed by atoms with Crippen LogP contribution in [0.3, 0.4) is 0 Å². The van der Waals surface area contributed by atoms with Crippen molar-refractivity contribution in [1.82, 2.24) is 9.88 Å². The third-order valence-electron chi connectivity index (χ3n) is 2.77. The molecule has 0 aromatic carbocycles. The van der Waals surface area contributed by atoms with E-state index in [-0.39, 0.29) is 5.91 Å². The molecular formula is C12H19N3O2S. The number of amides is 1. The number of hydrogen-bond donors (Lipinski definition) is 1. The molecule has 1 heterocycles. The number of hydrogen-bond acceptors (Lipinski definition) is 4. The van der Waals surface area contributed by atoms with Crippen LogP contribution in [0.2, 0.25) is 0 Å². The van der Waals surface area contributed by atoms with Crippen LogP contribution in [0.4, 0.5) is 5.69 Å². The average Bonchev–Trinajstić information content (AvgIpc) is 2.39. The van der Waals surface area contributed by atoms with E-state index in [4.69, 9.17) is 5.73 Å². The lowest BCUT2D eigenvalue weighted by molar-refractivity contribution is -0.129. The minimum atomic E-state index is -1.45. The van der Waals surface area contributed by atoms with Crippen LogP contribution >= 0.6 is 0 Å². The van der Waals surface area contributed by atoms with E-state index in [2.05, 4.69) is 4.98 Å². The molecule has 2 atom stereocenters. The van der Waals surface area contributed by atoms with Crippen molar-refractivity contribution in [2.24, 2.45) is 0 Å². The first-order valence-corrected chi connectivity index (χ1v) is 7.13. The summed E-state index contributed by atoms with van der Waals surface area (Å²) in [6, 6.07) is 1.59. The van der Waals surface area contributed by atoms with Crippen LogP contribution in [0.15, 0.2) is 23.4 Å². The lowest BCUT2D eigenvalue weighted by atomic mass is 10.4. The van der Waals surface area contributed by atoms with E-state index in [1.165, 1.54) is 12.4 Å². The maximum absolute atomic E-state index is 12.3. The molecule has 0 bridgehead atoms. The second-order valence-corrected chi connectivity index (χ2v) is 5.61. The van der Waals surface area contributed by atoms with Crippen molar-refractivity contribution in [3.8, 4) is 0 Å². The second kappa shape index (κ2) is 6.49. The standard InChI is InChI=1S/C12H19N3O2S/c1-4-15(5-2)12(16)9(3)18(17)11-6-7-14-8-10(11)13/h6-9H,4-5,13H2,1-3H3. The van der Waals surface area contributed by atoms with E-state index in [0.717, 1.165) is 0 Å². The predicted molar refractivity (Wildman–Crippen MR) is 72.4 cm³/mol. The molecule has 1 aromatic heterocycles. The van der Waals surface area contributed by atoms with Gasteiger partial charge in [0.15, 0.2) is 0 Å². The molecule has 1 amide bonds. The van der Waals surface area contributed by atoms with Crippen molar-refractivity contribution in [2.45, 2.75) is 30.9 Å². The molecule has 18 heavy (non-hydrogen) atoms. The van der Waals surface area contributed by atoms with Gasteiger partial charge in [-0.3, -0.25) is 14.0 Å². The predicted octanol–water partition coefficient (Wildman–Crippen LogP) is 1.03. The van der Waals surface area contributed by atoms with Crippen LogP contribution < -0.4 is 5.73 Å². The number of aromatic nitrogens is 1. The molecule has 0 aliphatic heterocycles. The van der Waals surface area contributed by atoms with Gasteiger partial charge < -0.3 is 10.6 Å². The Labute approximate surface area is 110 Å². The van der Waals surface area contributed by atoms with Gasteiger partial charge >= 0.3 is 0 Å². The average molecular weight is 269 g/mol. The lowest BCUT2D eigenvalue weighted by Gasteiger charge is -2.22. The van der Waals surface area contributed by atoms with Crippen molar-refractivity contribution in [1.29, 1.82) is 0 Å². The molecule has 0 saturated carbocycles. The SMILES string of the molecule is CCN(CC)C(=O)C(C)S(=O)c1ccncc1N. The summed E-state index contributed by atoms with van der Waals surface area (Å²) in [4.78, 5) is 18.1. The monoisotopic (exact) mass is 269 g/mol. The van der Waals surface area contributed by atoms with Gasteiger partial charge in [-0.15, -0.1) is 0 Å². The van der Waals surface area contributed by atoms with E-state index in [1.807, 2.05) is 13.8 Å². The number of rotatable bonds is 5. The van der Waals surface area contributed by atoms with Gasteiger partial charge in [0.05, 0.1) is 27.6 Å². The van der Waals surface area contributed by atoms with E-state index in [1.54, 1.807) is 17.9 Å². The van der Waals surface area contributed by atoms with E-state index in [0.29, 0.717) is 23.7 Å². The van der Waals surface area contributed by atoms with Crippen LogP contribution in [0.25, 0.3) is 0 Å². The first-order chi connectivity index (χ1) is 8.52. The Morgan fingerprint density at radius 1 is 1.50 bits per heavy atom. The highest BCUT2D eigenvalue weighted by Crippen LogP contribution is 2.18. The quantitative estimate of drug-likeness (QED) is 0.866. The zero-order valence-electron chi connectivity index (χ0n) is 10.9. The third-order valence-corrected chi connectivity index (χ3v) is 4.42. The number of nitrogens with two attached hydrogens (primary N) is 1. The summed E-state index contributed by atoms with van der Waals surface area (Å²) >= 11 is 0. The number of pyridine rings is 1. The van der Waals surface area contributed by atoms with E-state index < -0.39 is 16.0 Å². The molecule has 6 heteroatoms. The van der Waals surface area contributed by atoms with Crippen LogP contribution in [0.5, 0.6) is 0 Å². The van der Waals surface area contributed by atoms with E-state index in [9.17, 15) is 9.00 Å². The first kappa shape index (κ1) is 14.6. The van der Waals surface area contributed by atoms with Gasteiger partial charge in [0.25, 0.3) is 0 Å². The summed E-state index contributed by atoms with van der Waals surface area (Å²) in [6.07, 6.45) is 2.97. The number of carbonyl (C=O) groups is 1. The Bertz CT molecular complexity index is 447. The molecule has 2 N–H and O–H groups in total.